The smallest absolute Gasteiger partial charge is 0.257 e. The van der Waals surface area contributed by atoms with Crippen molar-refractivity contribution in [2.45, 2.75) is 51.2 Å². The Morgan fingerprint density at radius 1 is 1.07 bits per heavy atom. The highest BCUT2D eigenvalue weighted by atomic mass is 19.1. The van der Waals surface area contributed by atoms with E-state index in [0.29, 0.717) is 31.5 Å². The van der Waals surface area contributed by atoms with Gasteiger partial charge in [-0.05, 0) is 91.8 Å². The molecule has 0 unspecified atom stereocenters. The second kappa shape index (κ2) is 14.3. The van der Waals surface area contributed by atoms with Crippen LogP contribution >= 0.6 is 0 Å². The molecule has 46 heavy (non-hydrogen) atoms. The second-order valence-electron chi connectivity index (χ2n) is 12.1. The standard InChI is InChI=1S/C36H40FN5O4/c1-24-5-3-8-34(39-24)41(2)29-11-9-28(10-12-29)40-35(44)33-21-27(37)22-38-36(33)46-31-7-4-6-25(20-31)32-14-13-30(43)19-26(32)23-42-15-17-45-18-16-42/h3-8,13-14,19-22,28-29,43H,9-12,15-18,23H2,1-2H3,(H,40,44)/t28-,29-. The lowest BCUT2D eigenvalue weighted by molar-refractivity contribution is 0.0342. The Labute approximate surface area is 269 Å². The predicted octanol–water partition coefficient (Wildman–Crippen LogP) is 6.10. The van der Waals surface area contributed by atoms with Gasteiger partial charge in [-0.25, -0.2) is 14.4 Å². The Bertz CT molecular complexity index is 1670. The number of morpholine rings is 1. The predicted molar refractivity (Wildman–Crippen MR) is 175 cm³/mol. The molecule has 0 radical (unpaired) electrons. The number of phenols is 1. The number of carbonyl (C=O) groups excluding carboxylic acids is 1. The molecule has 240 valence electrons. The topological polar surface area (TPSA) is 100 Å². The maximum atomic E-state index is 14.4. The Kier molecular flexibility index (Phi) is 9.75. The van der Waals surface area contributed by atoms with Crippen LogP contribution in [0.1, 0.15) is 47.3 Å². The van der Waals surface area contributed by atoms with E-state index in [9.17, 15) is 14.3 Å². The average Bonchev–Trinajstić information content (AvgIpc) is 3.06. The summed E-state index contributed by atoms with van der Waals surface area (Å²) in [6, 6.07) is 20.3. The molecule has 1 amide bonds. The first kappa shape index (κ1) is 31.4. The van der Waals surface area contributed by atoms with Crippen LogP contribution in [0.25, 0.3) is 11.1 Å². The number of benzene rings is 2. The second-order valence-corrected chi connectivity index (χ2v) is 12.1. The highest BCUT2D eigenvalue weighted by molar-refractivity contribution is 5.96. The summed E-state index contributed by atoms with van der Waals surface area (Å²) in [6.07, 6.45) is 4.45. The summed E-state index contributed by atoms with van der Waals surface area (Å²) < 4.78 is 26.0. The van der Waals surface area contributed by atoms with Gasteiger partial charge in [0.05, 0.1) is 19.4 Å². The van der Waals surface area contributed by atoms with Crippen molar-refractivity contribution >= 4 is 11.7 Å². The van der Waals surface area contributed by atoms with Crippen LogP contribution in [-0.4, -0.2) is 71.3 Å². The number of ether oxygens (including phenoxy) is 2. The lowest BCUT2D eigenvalue weighted by Crippen LogP contribution is -2.43. The van der Waals surface area contributed by atoms with E-state index in [1.165, 1.54) is 6.07 Å². The summed E-state index contributed by atoms with van der Waals surface area (Å²) in [6.45, 7) is 5.66. The number of aromatic nitrogens is 2. The molecule has 9 nitrogen and oxygen atoms in total. The van der Waals surface area contributed by atoms with Crippen LogP contribution in [0, 0.1) is 12.7 Å². The van der Waals surface area contributed by atoms with Gasteiger partial charge in [-0.1, -0.05) is 24.3 Å². The molecule has 2 fully saturated rings. The van der Waals surface area contributed by atoms with E-state index in [1.807, 2.05) is 49.4 Å². The summed E-state index contributed by atoms with van der Waals surface area (Å²) >= 11 is 0. The third kappa shape index (κ3) is 7.63. The van der Waals surface area contributed by atoms with Crippen LogP contribution in [0.2, 0.25) is 0 Å². The quantitative estimate of drug-likeness (QED) is 0.230. The monoisotopic (exact) mass is 625 g/mol. The van der Waals surface area contributed by atoms with E-state index in [-0.39, 0.29) is 23.2 Å². The zero-order chi connectivity index (χ0) is 32.0. The van der Waals surface area contributed by atoms with Crippen LogP contribution in [0.5, 0.6) is 17.4 Å². The largest absolute Gasteiger partial charge is 0.508 e. The molecular weight excluding hydrogens is 585 g/mol. The molecule has 0 spiro atoms. The number of halogens is 1. The highest BCUT2D eigenvalue weighted by Gasteiger charge is 2.27. The molecule has 1 saturated heterocycles. The maximum Gasteiger partial charge on any atom is 0.257 e. The molecule has 2 aromatic heterocycles. The van der Waals surface area contributed by atoms with E-state index in [1.54, 1.807) is 18.2 Å². The zero-order valence-electron chi connectivity index (χ0n) is 26.3. The maximum absolute atomic E-state index is 14.4. The van der Waals surface area contributed by atoms with Crippen molar-refractivity contribution in [3.8, 4) is 28.5 Å². The Morgan fingerprint density at radius 3 is 2.63 bits per heavy atom. The number of amides is 1. The van der Waals surface area contributed by atoms with Gasteiger partial charge in [-0.2, -0.15) is 0 Å². The number of phenolic OH excluding ortho intramolecular Hbond substituents is 1. The van der Waals surface area contributed by atoms with Crippen molar-refractivity contribution in [1.82, 2.24) is 20.2 Å². The SMILES string of the molecule is Cc1cccc(N(C)[C@H]2CC[C@H](NC(=O)c3cc(F)cnc3Oc3cccc(-c4ccc(O)cc4CN4CCOCC4)c3)CC2)n1. The Hall–Kier alpha value is -4.54. The lowest BCUT2D eigenvalue weighted by Gasteiger charge is -2.35. The molecule has 10 heteroatoms. The van der Waals surface area contributed by atoms with Crippen molar-refractivity contribution in [3.63, 3.8) is 0 Å². The molecule has 3 heterocycles. The van der Waals surface area contributed by atoms with Crippen molar-refractivity contribution in [2.75, 3.05) is 38.3 Å². The number of hydrogen-bond acceptors (Lipinski definition) is 8. The summed E-state index contributed by atoms with van der Waals surface area (Å²) in [5.74, 6) is 0.622. The third-order valence-corrected chi connectivity index (χ3v) is 8.82. The molecule has 2 N–H and O–H groups in total. The van der Waals surface area contributed by atoms with E-state index in [0.717, 1.165) is 73.2 Å². The fourth-order valence-electron chi connectivity index (χ4n) is 6.28. The number of hydrogen-bond donors (Lipinski definition) is 2. The summed E-state index contributed by atoms with van der Waals surface area (Å²) in [5, 5.41) is 13.3. The molecule has 1 saturated carbocycles. The van der Waals surface area contributed by atoms with Crippen molar-refractivity contribution in [1.29, 1.82) is 0 Å². The number of anilines is 1. The highest BCUT2D eigenvalue weighted by Crippen LogP contribution is 2.33. The van der Waals surface area contributed by atoms with Crippen molar-refractivity contribution in [2.24, 2.45) is 0 Å². The lowest BCUT2D eigenvalue weighted by atomic mass is 9.90. The summed E-state index contributed by atoms with van der Waals surface area (Å²) in [7, 11) is 2.06. The number of pyridine rings is 2. The first-order valence-electron chi connectivity index (χ1n) is 15.9. The van der Waals surface area contributed by atoms with Gasteiger partial charge in [0.15, 0.2) is 0 Å². The minimum Gasteiger partial charge on any atom is -0.508 e. The summed E-state index contributed by atoms with van der Waals surface area (Å²) in [4.78, 5) is 26.8. The molecule has 0 bridgehead atoms. The van der Waals surface area contributed by atoms with Gasteiger partial charge in [-0.3, -0.25) is 9.69 Å². The number of carbonyl (C=O) groups is 1. The number of nitrogens with zero attached hydrogens (tertiary/aromatic N) is 4. The van der Waals surface area contributed by atoms with Gasteiger partial charge in [0, 0.05) is 44.5 Å². The molecule has 4 aromatic rings. The Balaban J connectivity index is 1.14. The van der Waals surface area contributed by atoms with Crippen LogP contribution in [0.15, 0.2) is 72.9 Å². The number of nitrogens with one attached hydrogen (secondary N) is 1. The van der Waals surface area contributed by atoms with Gasteiger partial charge in [0.2, 0.25) is 5.88 Å². The van der Waals surface area contributed by atoms with Crippen molar-refractivity contribution < 1.29 is 23.8 Å². The van der Waals surface area contributed by atoms with Crippen LogP contribution in [-0.2, 0) is 11.3 Å². The molecule has 1 aliphatic carbocycles. The van der Waals surface area contributed by atoms with Crippen LogP contribution in [0.4, 0.5) is 10.2 Å². The van der Waals surface area contributed by atoms with Gasteiger partial charge < -0.3 is 24.8 Å². The van der Waals surface area contributed by atoms with E-state index in [2.05, 4.69) is 32.1 Å². The molecule has 1 aliphatic heterocycles. The first-order valence-corrected chi connectivity index (χ1v) is 15.9. The van der Waals surface area contributed by atoms with Crippen molar-refractivity contribution in [3.05, 3.63) is 95.6 Å². The molecule has 0 atom stereocenters. The Morgan fingerprint density at radius 2 is 1.85 bits per heavy atom. The van der Waals surface area contributed by atoms with E-state index >= 15 is 0 Å². The van der Waals surface area contributed by atoms with Crippen LogP contribution < -0.4 is 15.0 Å². The van der Waals surface area contributed by atoms with Gasteiger partial charge in [0.1, 0.15) is 28.7 Å². The molecular formula is C36H40FN5O4. The number of aryl methyl sites for hydroxylation is 1. The average molecular weight is 626 g/mol. The fourth-order valence-corrected chi connectivity index (χ4v) is 6.28. The molecule has 2 aromatic carbocycles. The fraction of sp³-hybridized carbons (Fsp3) is 0.361. The zero-order valence-corrected chi connectivity index (χ0v) is 26.3. The van der Waals surface area contributed by atoms with Gasteiger partial charge in [0.25, 0.3) is 5.91 Å². The van der Waals surface area contributed by atoms with E-state index in [4.69, 9.17) is 9.47 Å². The summed E-state index contributed by atoms with van der Waals surface area (Å²) in [5.41, 5.74) is 3.85. The minimum absolute atomic E-state index is 0.0363. The number of aromatic hydroxyl groups is 1. The number of rotatable bonds is 9. The van der Waals surface area contributed by atoms with E-state index < -0.39 is 11.7 Å². The molecule has 6 rings (SSSR count). The van der Waals surface area contributed by atoms with Crippen LogP contribution in [0.3, 0.4) is 0 Å². The minimum atomic E-state index is -0.612. The third-order valence-electron chi connectivity index (χ3n) is 8.82. The van der Waals surface area contributed by atoms with Gasteiger partial charge >= 0.3 is 0 Å². The van der Waals surface area contributed by atoms with Gasteiger partial charge in [-0.15, -0.1) is 0 Å². The normalized spacial score (nSPS) is 18.6. The first-order chi connectivity index (χ1) is 22.3. The molecule has 2 aliphatic rings.